The molecule has 1 spiro atoms. The van der Waals surface area contributed by atoms with Gasteiger partial charge in [0.2, 0.25) is 5.95 Å². The first kappa shape index (κ1) is 26.9. The van der Waals surface area contributed by atoms with Crippen LogP contribution in [0, 0.1) is 18.2 Å². The number of nitrogens with zero attached hydrogens (tertiary/aromatic N) is 4. The summed E-state index contributed by atoms with van der Waals surface area (Å²) in [5.41, 5.74) is 2.06. The number of rotatable bonds is 8. The number of hydrogen-bond donors (Lipinski definition) is 3. The molecular weight excluding hydrogens is 517 g/mol. The number of nitrogens with one attached hydrogen (secondary N) is 2. The van der Waals surface area contributed by atoms with Crippen molar-refractivity contribution in [3.05, 3.63) is 35.3 Å². The summed E-state index contributed by atoms with van der Waals surface area (Å²) >= 11 is 1.19. The molecule has 0 bridgehead atoms. The van der Waals surface area contributed by atoms with Crippen LogP contribution in [-0.2, 0) is 0 Å². The van der Waals surface area contributed by atoms with Crippen molar-refractivity contribution >= 4 is 41.0 Å². The van der Waals surface area contributed by atoms with Crippen LogP contribution in [0.25, 0.3) is 0 Å². The van der Waals surface area contributed by atoms with Crippen molar-refractivity contribution in [2.45, 2.75) is 51.4 Å². The van der Waals surface area contributed by atoms with Crippen molar-refractivity contribution < 1.29 is 23.1 Å². The highest BCUT2D eigenvalue weighted by atomic mass is 32.2. The normalized spacial score (nSPS) is 19.9. The van der Waals surface area contributed by atoms with Crippen molar-refractivity contribution in [3.63, 3.8) is 0 Å². The first-order chi connectivity index (χ1) is 18.2. The summed E-state index contributed by atoms with van der Waals surface area (Å²) in [5, 5.41) is 11.8. The Bertz CT molecular complexity index is 1180. The van der Waals surface area contributed by atoms with Gasteiger partial charge in [-0.1, -0.05) is 11.9 Å². The number of carbonyl (C=O) groups is 1. The molecule has 3 fully saturated rings. The molecule has 3 N–H and O–H groups in total. The van der Waals surface area contributed by atoms with E-state index in [0.717, 1.165) is 25.9 Å². The highest BCUT2D eigenvalue weighted by Gasteiger charge is 2.44. The maximum absolute atomic E-state index is 15.1. The summed E-state index contributed by atoms with van der Waals surface area (Å²) in [5.74, 6) is -2.89. The van der Waals surface area contributed by atoms with Crippen molar-refractivity contribution in [2.75, 3.05) is 58.4 Å². The minimum atomic E-state index is -2.68. The summed E-state index contributed by atoms with van der Waals surface area (Å²) in [6.45, 7) is 3.58. The molecule has 3 heterocycles. The molecule has 0 radical (unpaired) electrons. The van der Waals surface area contributed by atoms with Gasteiger partial charge in [-0.2, -0.15) is 4.98 Å². The minimum Gasteiger partial charge on any atom is -0.395 e. The van der Waals surface area contributed by atoms with E-state index in [-0.39, 0.29) is 49.7 Å². The van der Waals surface area contributed by atoms with E-state index >= 15 is 4.39 Å². The first-order valence-corrected chi connectivity index (χ1v) is 14.0. The Labute approximate surface area is 224 Å². The maximum atomic E-state index is 15.1. The van der Waals surface area contributed by atoms with Gasteiger partial charge in [0.1, 0.15) is 11.6 Å². The summed E-state index contributed by atoms with van der Waals surface area (Å²) in [6, 6.07) is 4.57. The van der Waals surface area contributed by atoms with Crippen molar-refractivity contribution in [2.24, 2.45) is 5.41 Å². The van der Waals surface area contributed by atoms with Crippen LogP contribution >= 0.6 is 11.9 Å². The molecule has 1 saturated carbocycles. The van der Waals surface area contributed by atoms with Crippen LogP contribution in [0.5, 0.6) is 0 Å². The number of aliphatic hydroxyl groups excluding tert-OH is 1. The van der Waals surface area contributed by atoms with Gasteiger partial charge < -0.3 is 19.6 Å². The van der Waals surface area contributed by atoms with Gasteiger partial charge in [-0.25, -0.2) is 18.2 Å². The van der Waals surface area contributed by atoms with Gasteiger partial charge >= 0.3 is 0 Å². The molecule has 1 amide bonds. The molecule has 1 aliphatic carbocycles. The van der Waals surface area contributed by atoms with Crippen molar-refractivity contribution in [1.29, 1.82) is 0 Å². The van der Waals surface area contributed by atoms with E-state index in [1.807, 2.05) is 0 Å². The first-order valence-electron chi connectivity index (χ1n) is 13.0. The third kappa shape index (κ3) is 6.12. The average Bonchev–Trinajstić information content (AvgIpc) is 3.63. The Morgan fingerprint density at radius 1 is 1.03 bits per heavy atom. The van der Waals surface area contributed by atoms with E-state index in [4.69, 9.17) is 5.11 Å². The van der Waals surface area contributed by atoms with E-state index in [1.165, 1.54) is 30.9 Å². The topological polar surface area (TPSA) is 93.6 Å². The lowest BCUT2D eigenvalue weighted by Gasteiger charge is -2.35. The van der Waals surface area contributed by atoms with Gasteiger partial charge in [-0.05, 0) is 50.2 Å². The van der Waals surface area contributed by atoms with E-state index < -0.39 is 17.6 Å². The summed E-state index contributed by atoms with van der Waals surface area (Å²) in [6.07, 6.45) is 4.04. The lowest BCUT2D eigenvalue weighted by atomic mass is 9.93. The second-order valence-electron chi connectivity index (χ2n) is 10.5. The molecule has 8 nitrogen and oxygen atoms in total. The third-order valence-electron chi connectivity index (χ3n) is 7.71. The molecule has 2 aromatic rings. The van der Waals surface area contributed by atoms with Crippen LogP contribution in [0.4, 0.5) is 36.3 Å². The van der Waals surface area contributed by atoms with Crippen LogP contribution in [0.3, 0.4) is 0 Å². The Hall–Kier alpha value is -2.73. The summed E-state index contributed by atoms with van der Waals surface area (Å²) in [4.78, 5) is 26.1. The number of aryl methyl sites for hydroxylation is 1. The summed E-state index contributed by atoms with van der Waals surface area (Å²) in [7, 11) is 0. The van der Waals surface area contributed by atoms with Crippen molar-refractivity contribution in [1.82, 2.24) is 9.97 Å². The van der Waals surface area contributed by atoms with Gasteiger partial charge in [0, 0.05) is 56.5 Å². The highest BCUT2D eigenvalue weighted by molar-refractivity contribution is 8.00. The molecule has 5 rings (SSSR count). The number of anilines is 4. The fourth-order valence-corrected chi connectivity index (χ4v) is 5.66. The fourth-order valence-electron chi connectivity index (χ4n) is 5.16. The van der Waals surface area contributed by atoms with E-state index in [2.05, 4.69) is 24.9 Å². The molecule has 1 aromatic carbocycles. The lowest BCUT2D eigenvalue weighted by Crippen LogP contribution is -2.40. The minimum absolute atomic E-state index is 0.0425. The second-order valence-corrected chi connectivity index (χ2v) is 11.4. The zero-order valence-corrected chi connectivity index (χ0v) is 22.2. The van der Waals surface area contributed by atoms with Crippen LogP contribution in [-0.4, -0.2) is 65.4 Å². The van der Waals surface area contributed by atoms with E-state index in [0.29, 0.717) is 28.4 Å². The standard InChI is InChI=1S/C26H33F3N6O2S/c1-17-14-22(35-10-6-26(28,29)7-11-35)31-24(30-17)32-23(37)18-15-19(27)20(33-38-13-12-36)16-21(18)34-8-4-25(2-3-25)5-9-34/h14-16,33,36H,2-13H2,1H3,(H,30,31,32,37). The molecule has 2 aliphatic heterocycles. The predicted octanol–water partition coefficient (Wildman–Crippen LogP) is 4.84. The van der Waals surface area contributed by atoms with Gasteiger partial charge in [-0.3, -0.25) is 10.1 Å². The number of halogens is 3. The molecule has 3 aliphatic rings. The highest BCUT2D eigenvalue weighted by Crippen LogP contribution is 2.54. The Morgan fingerprint density at radius 2 is 1.71 bits per heavy atom. The van der Waals surface area contributed by atoms with Crippen LogP contribution in [0.15, 0.2) is 18.2 Å². The van der Waals surface area contributed by atoms with Crippen LogP contribution in [0.2, 0.25) is 0 Å². The van der Waals surface area contributed by atoms with Crippen LogP contribution in [0.1, 0.15) is 54.6 Å². The quantitative estimate of drug-likeness (QED) is 0.318. The number of hydrogen-bond acceptors (Lipinski definition) is 8. The third-order valence-corrected chi connectivity index (χ3v) is 8.46. The number of benzene rings is 1. The fraction of sp³-hybridized carbons (Fsp3) is 0.577. The smallest absolute Gasteiger partial charge is 0.260 e. The number of carbonyl (C=O) groups excluding carboxylic acids is 1. The monoisotopic (exact) mass is 550 g/mol. The SMILES string of the molecule is Cc1cc(N2CCC(F)(F)CC2)nc(NC(=O)c2cc(F)c(NSCCO)cc2N2CCC3(CC2)CC3)n1. The second kappa shape index (κ2) is 10.8. The Kier molecular flexibility index (Phi) is 7.63. The molecular formula is C26H33F3N6O2S. The number of piperidine rings is 2. The molecule has 206 valence electrons. The lowest BCUT2D eigenvalue weighted by molar-refractivity contribution is -0.0221. The number of aliphatic hydroxyl groups is 1. The molecule has 0 atom stereocenters. The van der Waals surface area contributed by atoms with Crippen LogP contribution < -0.4 is 19.8 Å². The van der Waals surface area contributed by atoms with Gasteiger partial charge in [0.25, 0.3) is 11.8 Å². The largest absolute Gasteiger partial charge is 0.395 e. The molecule has 12 heteroatoms. The molecule has 38 heavy (non-hydrogen) atoms. The van der Waals surface area contributed by atoms with Gasteiger partial charge in [0.05, 0.1) is 23.5 Å². The zero-order valence-electron chi connectivity index (χ0n) is 21.4. The van der Waals surface area contributed by atoms with Crippen molar-refractivity contribution in [3.8, 4) is 0 Å². The molecule has 0 unspecified atom stereocenters. The molecule has 2 saturated heterocycles. The van der Waals surface area contributed by atoms with Gasteiger partial charge in [-0.15, -0.1) is 0 Å². The number of aromatic nitrogens is 2. The Balaban J connectivity index is 1.38. The maximum Gasteiger partial charge on any atom is 0.260 e. The van der Waals surface area contributed by atoms with E-state index in [9.17, 15) is 13.6 Å². The van der Waals surface area contributed by atoms with Gasteiger partial charge in [0.15, 0.2) is 0 Å². The average molecular weight is 551 g/mol. The molecule has 1 aromatic heterocycles. The Morgan fingerprint density at radius 3 is 2.37 bits per heavy atom. The zero-order chi connectivity index (χ0) is 26.9. The number of alkyl halides is 2. The predicted molar refractivity (Wildman–Crippen MR) is 144 cm³/mol. The summed E-state index contributed by atoms with van der Waals surface area (Å²) < 4.78 is 45.2. The number of amides is 1. The van der Waals surface area contributed by atoms with E-state index in [1.54, 1.807) is 24.0 Å².